The minimum atomic E-state index is -2.89. The molecule has 5 nitrogen and oxygen atoms in total. The van der Waals surface area contributed by atoms with Crippen molar-refractivity contribution < 1.29 is 28.2 Å². The Morgan fingerprint density at radius 3 is 2.61 bits per heavy atom. The maximum absolute atomic E-state index is 12.3. The van der Waals surface area contributed by atoms with Crippen molar-refractivity contribution in [1.29, 1.82) is 0 Å². The lowest BCUT2D eigenvalue weighted by molar-refractivity contribution is -0.131. The first-order valence-electron chi connectivity index (χ1n) is 5.76. The van der Waals surface area contributed by atoms with E-state index in [0.29, 0.717) is 0 Å². The van der Waals surface area contributed by atoms with Crippen LogP contribution in [0.15, 0.2) is 0 Å². The highest BCUT2D eigenvalue weighted by Gasteiger charge is 2.35. The summed E-state index contributed by atoms with van der Waals surface area (Å²) in [6, 6.07) is 0. The molecule has 0 radical (unpaired) electrons. The number of aliphatic hydroxyl groups excluding tert-OH is 1. The van der Waals surface area contributed by atoms with E-state index >= 15 is 0 Å². The molecule has 106 valence electrons. The van der Waals surface area contributed by atoms with E-state index in [0.717, 1.165) is 0 Å². The molecule has 1 amide bonds. The van der Waals surface area contributed by atoms with Gasteiger partial charge in [-0.1, -0.05) is 0 Å². The summed E-state index contributed by atoms with van der Waals surface area (Å²) in [5.41, 5.74) is -0.647. The Balaban J connectivity index is 2.56. The van der Waals surface area contributed by atoms with Gasteiger partial charge in [0.25, 0.3) is 6.43 Å². The molecule has 7 heteroatoms. The van der Waals surface area contributed by atoms with Gasteiger partial charge in [0.15, 0.2) is 0 Å². The average molecular weight is 267 g/mol. The molecule has 0 aromatic rings. The first kappa shape index (κ1) is 15.1. The Kier molecular flexibility index (Phi) is 4.86. The van der Waals surface area contributed by atoms with Crippen molar-refractivity contribution in [3.05, 3.63) is 0 Å². The van der Waals surface area contributed by atoms with Crippen LogP contribution < -0.4 is 0 Å². The maximum atomic E-state index is 12.3. The number of hydrogen-bond acceptors (Lipinski definition) is 4. The topological polar surface area (TPSA) is 59.0 Å². The van der Waals surface area contributed by atoms with Crippen molar-refractivity contribution in [2.45, 2.75) is 45.0 Å². The van der Waals surface area contributed by atoms with Crippen molar-refractivity contribution in [1.82, 2.24) is 4.90 Å². The van der Waals surface area contributed by atoms with Crippen molar-refractivity contribution in [3.63, 3.8) is 0 Å². The largest absolute Gasteiger partial charge is 0.444 e. The Labute approximate surface area is 105 Å². The molecule has 0 aliphatic carbocycles. The Bertz CT molecular complexity index is 293. The van der Waals surface area contributed by atoms with Crippen LogP contribution in [0.5, 0.6) is 0 Å². The summed E-state index contributed by atoms with van der Waals surface area (Å²) in [5, 5.41) is 9.23. The van der Waals surface area contributed by atoms with E-state index in [4.69, 9.17) is 9.47 Å². The van der Waals surface area contributed by atoms with Crippen molar-refractivity contribution in [2.24, 2.45) is 0 Å². The summed E-state index contributed by atoms with van der Waals surface area (Å²) < 4.78 is 34.9. The molecule has 1 fully saturated rings. The molecule has 2 unspecified atom stereocenters. The number of aliphatic hydroxyl groups is 1. The summed E-state index contributed by atoms with van der Waals surface area (Å²) in [6.07, 6.45) is -6.45. The SMILES string of the molecule is CC(C)(C)OC(=O)N1CCOC(C(O)C(F)F)C1. The zero-order valence-corrected chi connectivity index (χ0v) is 10.7. The lowest BCUT2D eigenvalue weighted by Gasteiger charge is -2.35. The molecule has 0 bridgehead atoms. The number of alkyl halides is 2. The number of rotatable bonds is 2. The average Bonchev–Trinajstić information content (AvgIpc) is 2.25. The van der Waals surface area contributed by atoms with E-state index in [1.54, 1.807) is 20.8 Å². The second-order valence-electron chi connectivity index (χ2n) is 5.16. The number of carbonyl (C=O) groups excluding carboxylic acids is 1. The summed E-state index contributed by atoms with van der Waals surface area (Å²) in [5.74, 6) is 0. The molecule has 1 aliphatic heterocycles. The highest BCUT2D eigenvalue weighted by Crippen LogP contribution is 2.17. The Morgan fingerprint density at radius 2 is 2.11 bits per heavy atom. The van der Waals surface area contributed by atoms with Crippen LogP contribution in [0.4, 0.5) is 13.6 Å². The monoisotopic (exact) mass is 267 g/mol. The number of ether oxygens (including phenoxy) is 2. The van der Waals surface area contributed by atoms with Crippen LogP contribution in [0.3, 0.4) is 0 Å². The van der Waals surface area contributed by atoms with Gasteiger partial charge < -0.3 is 19.5 Å². The highest BCUT2D eigenvalue weighted by molar-refractivity contribution is 5.68. The molecule has 0 aromatic carbocycles. The van der Waals surface area contributed by atoms with E-state index in [1.165, 1.54) is 4.90 Å². The molecule has 0 spiro atoms. The van der Waals surface area contributed by atoms with Crippen LogP contribution in [0.25, 0.3) is 0 Å². The third-order valence-electron chi connectivity index (χ3n) is 2.38. The van der Waals surface area contributed by atoms with Gasteiger partial charge in [-0.25, -0.2) is 13.6 Å². The van der Waals surface area contributed by atoms with E-state index in [9.17, 15) is 18.7 Å². The molecular weight excluding hydrogens is 248 g/mol. The third kappa shape index (κ3) is 4.38. The van der Waals surface area contributed by atoms with Gasteiger partial charge in [-0.15, -0.1) is 0 Å². The number of morpholine rings is 1. The molecule has 1 aliphatic rings. The molecule has 2 atom stereocenters. The quantitative estimate of drug-likeness (QED) is 0.818. The van der Waals surface area contributed by atoms with Crippen LogP contribution in [-0.2, 0) is 9.47 Å². The van der Waals surface area contributed by atoms with Gasteiger partial charge in [-0.3, -0.25) is 0 Å². The van der Waals surface area contributed by atoms with Gasteiger partial charge in [0.05, 0.1) is 13.2 Å². The molecule has 0 saturated carbocycles. The summed E-state index contributed by atoms with van der Waals surface area (Å²) in [6.45, 7) is 5.43. The van der Waals surface area contributed by atoms with E-state index in [2.05, 4.69) is 0 Å². The van der Waals surface area contributed by atoms with Crippen molar-refractivity contribution in [3.8, 4) is 0 Å². The molecule has 1 heterocycles. The second kappa shape index (κ2) is 5.79. The van der Waals surface area contributed by atoms with Crippen LogP contribution in [0.2, 0.25) is 0 Å². The maximum Gasteiger partial charge on any atom is 0.410 e. The van der Waals surface area contributed by atoms with Gasteiger partial charge in [0.1, 0.15) is 17.8 Å². The lowest BCUT2D eigenvalue weighted by atomic mass is 10.1. The first-order chi connectivity index (χ1) is 8.20. The zero-order chi connectivity index (χ0) is 13.9. The summed E-state index contributed by atoms with van der Waals surface area (Å²) in [4.78, 5) is 13.0. The van der Waals surface area contributed by atoms with Crippen LogP contribution in [0, 0.1) is 0 Å². The molecule has 1 N–H and O–H groups in total. The molecule has 1 saturated heterocycles. The van der Waals surface area contributed by atoms with Gasteiger partial charge in [-0.2, -0.15) is 0 Å². The predicted molar refractivity (Wildman–Crippen MR) is 59.6 cm³/mol. The molecular formula is C11H19F2NO4. The molecule has 1 rings (SSSR count). The third-order valence-corrected chi connectivity index (χ3v) is 2.38. The number of hydrogen-bond donors (Lipinski definition) is 1. The highest BCUT2D eigenvalue weighted by atomic mass is 19.3. The summed E-state index contributed by atoms with van der Waals surface area (Å²) >= 11 is 0. The minimum Gasteiger partial charge on any atom is -0.444 e. The van der Waals surface area contributed by atoms with E-state index < -0.39 is 30.3 Å². The van der Waals surface area contributed by atoms with Crippen LogP contribution in [0.1, 0.15) is 20.8 Å². The second-order valence-corrected chi connectivity index (χ2v) is 5.16. The fraction of sp³-hybridized carbons (Fsp3) is 0.909. The Morgan fingerprint density at radius 1 is 1.50 bits per heavy atom. The predicted octanol–water partition coefficient (Wildman–Crippen LogP) is 1.25. The smallest absolute Gasteiger partial charge is 0.410 e. The molecule has 18 heavy (non-hydrogen) atoms. The fourth-order valence-electron chi connectivity index (χ4n) is 1.54. The number of carbonyl (C=O) groups is 1. The molecule has 0 aromatic heterocycles. The van der Waals surface area contributed by atoms with E-state index in [1.807, 2.05) is 0 Å². The normalized spacial score (nSPS) is 23.1. The fourth-order valence-corrected chi connectivity index (χ4v) is 1.54. The van der Waals surface area contributed by atoms with Gasteiger partial charge in [0, 0.05) is 6.54 Å². The van der Waals surface area contributed by atoms with E-state index in [-0.39, 0.29) is 19.7 Å². The Hall–Kier alpha value is -0.950. The first-order valence-corrected chi connectivity index (χ1v) is 5.76. The van der Waals surface area contributed by atoms with Crippen molar-refractivity contribution >= 4 is 6.09 Å². The lowest BCUT2D eigenvalue weighted by Crippen LogP contribution is -2.52. The van der Waals surface area contributed by atoms with Crippen molar-refractivity contribution in [2.75, 3.05) is 19.7 Å². The van der Waals surface area contributed by atoms with Crippen LogP contribution in [-0.4, -0.2) is 60.0 Å². The van der Waals surface area contributed by atoms with Gasteiger partial charge in [0.2, 0.25) is 0 Å². The van der Waals surface area contributed by atoms with Crippen LogP contribution >= 0.6 is 0 Å². The number of nitrogens with zero attached hydrogens (tertiary/aromatic N) is 1. The number of amides is 1. The summed E-state index contributed by atoms with van der Waals surface area (Å²) in [7, 11) is 0. The van der Waals surface area contributed by atoms with Gasteiger partial charge >= 0.3 is 6.09 Å². The number of halogens is 2. The van der Waals surface area contributed by atoms with Gasteiger partial charge in [-0.05, 0) is 20.8 Å². The standard InChI is InChI=1S/C11H19F2NO4/c1-11(2,3)18-10(16)14-4-5-17-7(6-14)8(15)9(12)13/h7-9,15H,4-6H2,1-3H3. The zero-order valence-electron chi connectivity index (χ0n) is 10.7. The minimum absolute atomic E-state index is 0.0968.